The highest BCUT2D eigenvalue weighted by molar-refractivity contribution is 5.93. The van der Waals surface area contributed by atoms with Crippen LogP contribution in [0.5, 0.6) is 5.75 Å². The molecule has 0 aliphatic heterocycles. The van der Waals surface area contributed by atoms with E-state index in [1.165, 1.54) is 13.2 Å². The van der Waals surface area contributed by atoms with Gasteiger partial charge in [-0.25, -0.2) is 9.50 Å². The molecule has 27 heavy (non-hydrogen) atoms. The molecule has 0 bridgehead atoms. The van der Waals surface area contributed by atoms with E-state index in [9.17, 15) is 18.0 Å². The Morgan fingerprint density at radius 3 is 2.41 bits per heavy atom. The molecule has 0 radical (unpaired) electrons. The average Bonchev–Trinajstić information content (AvgIpc) is 3.03. The maximum Gasteiger partial charge on any atom is 0.433 e. The number of alkyl halides is 3. The Kier molecular flexibility index (Phi) is 4.77. The molecule has 0 aliphatic rings. The normalized spacial score (nSPS) is 11.8. The number of hydrogen-bond acceptors (Lipinski definition) is 4. The summed E-state index contributed by atoms with van der Waals surface area (Å²) >= 11 is 0. The molecule has 2 aromatic heterocycles. The first-order chi connectivity index (χ1) is 12.7. The van der Waals surface area contributed by atoms with Gasteiger partial charge in [0, 0.05) is 17.7 Å². The Morgan fingerprint density at radius 1 is 1.19 bits per heavy atom. The summed E-state index contributed by atoms with van der Waals surface area (Å²) in [7, 11) is 1.50. The number of benzene rings is 1. The van der Waals surface area contributed by atoms with Gasteiger partial charge in [-0.3, -0.25) is 4.79 Å². The van der Waals surface area contributed by atoms with Crippen LogP contribution in [0.3, 0.4) is 0 Å². The Bertz CT molecular complexity index is 979. The van der Waals surface area contributed by atoms with Gasteiger partial charge in [0.25, 0.3) is 5.91 Å². The fourth-order valence-corrected chi connectivity index (χ4v) is 2.53. The first-order valence-corrected chi connectivity index (χ1v) is 8.12. The summed E-state index contributed by atoms with van der Waals surface area (Å²) in [5.74, 6) is 0.0162. The average molecular weight is 378 g/mol. The van der Waals surface area contributed by atoms with E-state index in [4.69, 9.17) is 4.74 Å². The van der Waals surface area contributed by atoms with Crippen molar-refractivity contribution >= 4 is 11.6 Å². The van der Waals surface area contributed by atoms with Gasteiger partial charge >= 0.3 is 6.18 Å². The number of fused-ring (bicyclic) bond motifs is 1. The van der Waals surface area contributed by atoms with Crippen LogP contribution in [0.1, 0.15) is 30.0 Å². The molecule has 0 saturated heterocycles. The molecule has 0 saturated carbocycles. The number of amides is 1. The smallest absolute Gasteiger partial charge is 0.433 e. The minimum absolute atomic E-state index is 0.0652. The first kappa shape index (κ1) is 18.7. The van der Waals surface area contributed by atoms with E-state index in [-0.39, 0.29) is 23.1 Å². The summed E-state index contributed by atoms with van der Waals surface area (Å²) in [4.78, 5) is 16.3. The third-order valence-corrected chi connectivity index (χ3v) is 3.76. The first-order valence-electron chi connectivity index (χ1n) is 8.12. The van der Waals surface area contributed by atoms with E-state index in [2.05, 4.69) is 15.4 Å². The van der Waals surface area contributed by atoms with Crippen LogP contribution in [0.15, 0.2) is 36.4 Å². The van der Waals surface area contributed by atoms with Crippen molar-refractivity contribution in [1.29, 1.82) is 0 Å². The zero-order valence-corrected chi connectivity index (χ0v) is 14.8. The van der Waals surface area contributed by atoms with E-state index >= 15 is 0 Å². The number of carbonyl (C=O) groups excluding carboxylic acids is 1. The third kappa shape index (κ3) is 3.86. The standard InChI is InChI=1S/C18H17F3N4O2/c1-10(2)22-17(26)14-9-16-23-13(11-4-6-12(27-3)7-5-11)8-15(18(19,20)21)25(16)24-14/h4-10H,1-3H3,(H,22,26). The van der Waals surface area contributed by atoms with Crippen LogP contribution in [0.25, 0.3) is 16.9 Å². The Balaban J connectivity index is 2.15. The van der Waals surface area contributed by atoms with Crippen molar-refractivity contribution in [2.45, 2.75) is 26.1 Å². The second kappa shape index (κ2) is 6.90. The van der Waals surface area contributed by atoms with Crippen molar-refractivity contribution in [2.24, 2.45) is 0 Å². The second-order valence-corrected chi connectivity index (χ2v) is 6.18. The molecule has 1 N–H and O–H groups in total. The SMILES string of the molecule is COc1ccc(-c2cc(C(F)(F)F)n3nc(C(=O)NC(C)C)cc3n2)cc1. The quantitative estimate of drug-likeness (QED) is 0.754. The van der Waals surface area contributed by atoms with Gasteiger partial charge in [-0.15, -0.1) is 0 Å². The number of halogens is 3. The Labute approximate surface area is 153 Å². The summed E-state index contributed by atoms with van der Waals surface area (Å²) in [6.45, 7) is 3.49. The van der Waals surface area contributed by atoms with Crippen LogP contribution in [-0.4, -0.2) is 33.7 Å². The minimum atomic E-state index is -4.67. The number of nitrogens with one attached hydrogen (secondary N) is 1. The number of carbonyl (C=O) groups is 1. The highest BCUT2D eigenvalue weighted by Gasteiger charge is 2.35. The molecule has 6 nitrogen and oxygen atoms in total. The third-order valence-electron chi connectivity index (χ3n) is 3.76. The van der Waals surface area contributed by atoms with Crippen LogP contribution in [0.4, 0.5) is 13.2 Å². The van der Waals surface area contributed by atoms with Gasteiger partial charge in [0.15, 0.2) is 17.0 Å². The zero-order valence-electron chi connectivity index (χ0n) is 14.8. The van der Waals surface area contributed by atoms with Crippen molar-refractivity contribution in [1.82, 2.24) is 19.9 Å². The summed E-state index contributed by atoms with van der Waals surface area (Å²) in [6, 6.07) is 8.46. The van der Waals surface area contributed by atoms with Gasteiger partial charge in [-0.2, -0.15) is 18.3 Å². The highest BCUT2D eigenvalue weighted by Crippen LogP contribution is 2.32. The molecule has 0 atom stereocenters. The summed E-state index contributed by atoms with van der Waals surface area (Å²) in [5, 5.41) is 6.40. The van der Waals surface area contributed by atoms with Crippen LogP contribution >= 0.6 is 0 Å². The lowest BCUT2D eigenvalue weighted by Crippen LogP contribution is -2.30. The van der Waals surface area contributed by atoms with Crippen molar-refractivity contribution in [3.63, 3.8) is 0 Å². The number of ether oxygens (including phenoxy) is 1. The van der Waals surface area contributed by atoms with Gasteiger partial charge in [0.05, 0.1) is 12.8 Å². The molecule has 1 amide bonds. The molecule has 2 heterocycles. The van der Waals surface area contributed by atoms with E-state index in [1.807, 2.05) is 0 Å². The number of aromatic nitrogens is 3. The van der Waals surface area contributed by atoms with E-state index in [0.717, 1.165) is 6.07 Å². The van der Waals surface area contributed by atoms with Crippen LogP contribution in [0.2, 0.25) is 0 Å². The summed E-state index contributed by atoms with van der Waals surface area (Å²) in [6.07, 6.45) is -4.67. The second-order valence-electron chi connectivity index (χ2n) is 6.18. The molecule has 3 rings (SSSR count). The van der Waals surface area contributed by atoms with E-state index < -0.39 is 17.8 Å². The van der Waals surface area contributed by atoms with Gasteiger partial charge in [-0.05, 0) is 44.2 Å². The van der Waals surface area contributed by atoms with Gasteiger partial charge in [0.2, 0.25) is 0 Å². The number of methoxy groups -OCH3 is 1. The molecule has 3 aromatic rings. The largest absolute Gasteiger partial charge is 0.497 e. The van der Waals surface area contributed by atoms with Crippen LogP contribution in [-0.2, 0) is 6.18 Å². The zero-order chi connectivity index (χ0) is 19.8. The fraction of sp³-hybridized carbons (Fsp3) is 0.278. The molecule has 142 valence electrons. The molecule has 0 unspecified atom stereocenters. The lowest BCUT2D eigenvalue weighted by molar-refractivity contribution is -0.142. The number of hydrogen-bond donors (Lipinski definition) is 1. The molecule has 0 spiro atoms. The van der Waals surface area contributed by atoms with E-state index in [0.29, 0.717) is 15.8 Å². The van der Waals surface area contributed by atoms with Gasteiger partial charge in [-0.1, -0.05) is 0 Å². The van der Waals surface area contributed by atoms with Crippen LogP contribution < -0.4 is 10.1 Å². The molecule has 0 fully saturated rings. The van der Waals surface area contributed by atoms with Crippen molar-refractivity contribution in [3.8, 4) is 17.0 Å². The fourth-order valence-electron chi connectivity index (χ4n) is 2.53. The van der Waals surface area contributed by atoms with E-state index in [1.54, 1.807) is 38.1 Å². The molecule has 1 aromatic carbocycles. The summed E-state index contributed by atoms with van der Waals surface area (Å²) in [5.41, 5.74) is -0.605. The summed E-state index contributed by atoms with van der Waals surface area (Å²) < 4.78 is 46.3. The maximum absolute atomic E-state index is 13.5. The number of rotatable bonds is 4. The Hall–Kier alpha value is -3.10. The maximum atomic E-state index is 13.5. The van der Waals surface area contributed by atoms with Crippen molar-refractivity contribution < 1.29 is 22.7 Å². The predicted octanol–water partition coefficient (Wildman–Crippen LogP) is 3.56. The lowest BCUT2D eigenvalue weighted by atomic mass is 10.1. The van der Waals surface area contributed by atoms with Gasteiger partial charge < -0.3 is 10.1 Å². The lowest BCUT2D eigenvalue weighted by Gasteiger charge is -2.11. The molecular formula is C18H17F3N4O2. The number of nitrogens with zero attached hydrogens (tertiary/aromatic N) is 3. The molecular weight excluding hydrogens is 361 g/mol. The Morgan fingerprint density at radius 2 is 1.85 bits per heavy atom. The van der Waals surface area contributed by atoms with Crippen molar-refractivity contribution in [3.05, 3.63) is 47.8 Å². The van der Waals surface area contributed by atoms with Crippen molar-refractivity contribution in [2.75, 3.05) is 7.11 Å². The van der Waals surface area contributed by atoms with Gasteiger partial charge in [0.1, 0.15) is 5.75 Å². The molecule has 0 aliphatic carbocycles. The minimum Gasteiger partial charge on any atom is -0.497 e. The topological polar surface area (TPSA) is 68.5 Å². The highest BCUT2D eigenvalue weighted by atomic mass is 19.4. The predicted molar refractivity (Wildman–Crippen MR) is 92.6 cm³/mol. The molecule has 9 heteroatoms. The monoisotopic (exact) mass is 378 g/mol. The van der Waals surface area contributed by atoms with Crippen LogP contribution in [0, 0.1) is 0 Å².